The molecule has 3 nitrogen and oxygen atoms in total. The smallest absolute Gasteiger partial charge is 0.0611 e. The molecule has 4 unspecified atom stereocenters. The molecule has 3 heteroatoms. The third-order valence-corrected chi connectivity index (χ3v) is 6.17. The van der Waals surface area contributed by atoms with Crippen LogP contribution in [0.5, 0.6) is 0 Å². The molecule has 0 spiro atoms. The quantitative estimate of drug-likeness (QED) is 0.791. The van der Waals surface area contributed by atoms with Gasteiger partial charge in [-0.15, -0.1) is 0 Å². The van der Waals surface area contributed by atoms with Gasteiger partial charge in [0.05, 0.1) is 6.61 Å². The molecule has 3 aliphatic rings. The van der Waals surface area contributed by atoms with Gasteiger partial charge in [-0.25, -0.2) is 0 Å². The molecule has 2 saturated carbocycles. The fourth-order valence-corrected chi connectivity index (χ4v) is 4.70. The van der Waals surface area contributed by atoms with Crippen molar-refractivity contribution in [1.29, 1.82) is 0 Å². The van der Waals surface area contributed by atoms with Gasteiger partial charge >= 0.3 is 0 Å². The monoisotopic (exact) mass is 294 g/mol. The summed E-state index contributed by atoms with van der Waals surface area (Å²) in [5, 5.41) is 13.5. The van der Waals surface area contributed by atoms with Crippen LogP contribution in [0, 0.1) is 11.8 Å². The van der Waals surface area contributed by atoms with Gasteiger partial charge in [0, 0.05) is 24.2 Å². The molecule has 122 valence electrons. The Morgan fingerprint density at radius 3 is 2.52 bits per heavy atom. The van der Waals surface area contributed by atoms with Crippen molar-refractivity contribution in [2.75, 3.05) is 19.7 Å². The van der Waals surface area contributed by atoms with Crippen LogP contribution in [-0.4, -0.2) is 47.3 Å². The SMILES string of the molecule is CC(CC(C)(CO)NC1CC1)N1CCC2CCCCC2C1. The fourth-order valence-electron chi connectivity index (χ4n) is 4.70. The average molecular weight is 294 g/mol. The van der Waals surface area contributed by atoms with Crippen molar-refractivity contribution in [3.63, 3.8) is 0 Å². The molecule has 2 N–H and O–H groups in total. The Balaban J connectivity index is 1.53. The second-order valence-electron chi connectivity index (χ2n) is 8.28. The van der Waals surface area contributed by atoms with E-state index in [2.05, 4.69) is 24.1 Å². The largest absolute Gasteiger partial charge is 0.394 e. The second-order valence-corrected chi connectivity index (χ2v) is 8.28. The Hall–Kier alpha value is -0.120. The molecule has 0 aromatic heterocycles. The summed E-state index contributed by atoms with van der Waals surface area (Å²) in [6.45, 7) is 7.40. The number of aliphatic hydroxyl groups excluding tert-OH is 1. The van der Waals surface area contributed by atoms with E-state index < -0.39 is 0 Å². The standard InChI is InChI=1S/C18H34N2O/c1-14(11-18(2,13-21)19-17-7-8-17)20-10-9-15-5-3-4-6-16(15)12-20/h14-17,19,21H,3-13H2,1-2H3. The topological polar surface area (TPSA) is 35.5 Å². The Bertz CT molecular complexity index is 344. The van der Waals surface area contributed by atoms with Crippen molar-refractivity contribution >= 4 is 0 Å². The molecule has 4 atom stereocenters. The van der Waals surface area contributed by atoms with Crippen LogP contribution in [0.1, 0.15) is 65.2 Å². The minimum Gasteiger partial charge on any atom is -0.394 e. The van der Waals surface area contributed by atoms with Crippen LogP contribution in [-0.2, 0) is 0 Å². The van der Waals surface area contributed by atoms with Crippen molar-refractivity contribution in [2.45, 2.75) is 82.8 Å². The van der Waals surface area contributed by atoms with Crippen LogP contribution in [0.4, 0.5) is 0 Å². The fraction of sp³-hybridized carbons (Fsp3) is 1.00. The highest BCUT2D eigenvalue weighted by atomic mass is 16.3. The van der Waals surface area contributed by atoms with Crippen LogP contribution >= 0.6 is 0 Å². The van der Waals surface area contributed by atoms with Crippen LogP contribution in [0.2, 0.25) is 0 Å². The van der Waals surface area contributed by atoms with Crippen LogP contribution in [0.15, 0.2) is 0 Å². The highest BCUT2D eigenvalue weighted by molar-refractivity contribution is 4.95. The Morgan fingerprint density at radius 1 is 1.14 bits per heavy atom. The van der Waals surface area contributed by atoms with E-state index in [1.165, 1.54) is 58.0 Å². The van der Waals surface area contributed by atoms with Crippen molar-refractivity contribution in [3.8, 4) is 0 Å². The summed E-state index contributed by atoms with van der Waals surface area (Å²) in [5.41, 5.74) is -0.0933. The number of nitrogens with zero attached hydrogens (tertiary/aromatic N) is 1. The summed E-state index contributed by atoms with van der Waals surface area (Å²) < 4.78 is 0. The Morgan fingerprint density at radius 2 is 1.86 bits per heavy atom. The van der Waals surface area contributed by atoms with Crippen LogP contribution in [0.3, 0.4) is 0 Å². The number of rotatable bonds is 6. The molecule has 0 bridgehead atoms. The van der Waals surface area contributed by atoms with Gasteiger partial charge in [-0.2, -0.15) is 0 Å². The lowest BCUT2D eigenvalue weighted by atomic mass is 9.74. The normalized spacial score (nSPS) is 35.0. The molecule has 0 radical (unpaired) electrons. The predicted octanol–water partition coefficient (Wildman–Crippen LogP) is 2.78. The van der Waals surface area contributed by atoms with Crippen molar-refractivity contribution in [3.05, 3.63) is 0 Å². The minimum absolute atomic E-state index is 0.0933. The second kappa shape index (κ2) is 6.55. The van der Waals surface area contributed by atoms with Crippen LogP contribution < -0.4 is 5.32 Å². The van der Waals surface area contributed by atoms with E-state index in [1.54, 1.807) is 0 Å². The summed E-state index contributed by atoms with van der Waals surface area (Å²) in [4.78, 5) is 2.70. The molecule has 1 saturated heterocycles. The van der Waals surface area contributed by atoms with Crippen LogP contribution in [0.25, 0.3) is 0 Å². The Kier molecular flexibility index (Phi) is 4.92. The van der Waals surface area contributed by atoms with Gasteiger partial charge in [-0.3, -0.25) is 0 Å². The van der Waals surface area contributed by atoms with Crippen molar-refractivity contribution in [2.24, 2.45) is 11.8 Å². The molecule has 3 rings (SSSR count). The average Bonchev–Trinajstić information content (AvgIpc) is 3.30. The number of likely N-dealkylation sites (tertiary alicyclic amines) is 1. The van der Waals surface area contributed by atoms with E-state index in [1.807, 2.05) is 0 Å². The maximum atomic E-state index is 9.82. The molecule has 3 fully saturated rings. The van der Waals surface area contributed by atoms with Crippen molar-refractivity contribution in [1.82, 2.24) is 10.2 Å². The zero-order chi connectivity index (χ0) is 14.9. The lowest BCUT2D eigenvalue weighted by Gasteiger charge is -2.45. The number of hydrogen-bond acceptors (Lipinski definition) is 3. The van der Waals surface area contributed by atoms with Gasteiger partial charge in [0.15, 0.2) is 0 Å². The van der Waals surface area contributed by atoms with Gasteiger partial charge < -0.3 is 15.3 Å². The first-order chi connectivity index (χ1) is 10.1. The molecular formula is C18H34N2O. The summed E-state index contributed by atoms with van der Waals surface area (Å²) in [6, 6.07) is 1.25. The first kappa shape index (κ1) is 15.8. The number of piperidine rings is 1. The summed E-state index contributed by atoms with van der Waals surface area (Å²) in [7, 11) is 0. The highest BCUT2D eigenvalue weighted by Crippen LogP contribution is 2.37. The first-order valence-electron chi connectivity index (χ1n) is 9.22. The lowest BCUT2D eigenvalue weighted by Crippen LogP contribution is -2.53. The van der Waals surface area contributed by atoms with E-state index in [0.717, 1.165) is 18.3 Å². The number of hydrogen-bond donors (Lipinski definition) is 2. The van der Waals surface area contributed by atoms with Crippen molar-refractivity contribution < 1.29 is 5.11 Å². The number of nitrogens with one attached hydrogen (secondary N) is 1. The lowest BCUT2D eigenvalue weighted by molar-refractivity contribution is 0.0422. The van der Waals surface area contributed by atoms with E-state index in [-0.39, 0.29) is 12.1 Å². The first-order valence-corrected chi connectivity index (χ1v) is 9.22. The molecule has 1 heterocycles. The van der Waals surface area contributed by atoms with Gasteiger partial charge in [0.1, 0.15) is 0 Å². The number of fused-ring (bicyclic) bond motifs is 1. The van der Waals surface area contributed by atoms with Gasteiger partial charge in [-0.05, 0) is 64.3 Å². The highest BCUT2D eigenvalue weighted by Gasteiger charge is 2.37. The molecular weight excluding hydrogens is 260 g/mol. The molecule has 21 heavy (non-hydrogen) atoms. The van der Waals surface area contributed by atoms with E-state index in [0.29, 0.717) is 12.1 Å². The molecule has 0 aromatic carbocycles. The number of aliphatic hydroxyl groups is 1. The third-order valence-electron chi connectivity index (χ3n) is 6.17. The molecule has 1 aliphatic heterocycles. The van der Waals surface area contributed by atoms with Gasteiger partial charge in [0.2, 0.25) is 0 Å². The molecule has 0 aromatic rings. The molecule has 2 aliphatic carbocycles. The van der Waals surface area contributed by atoms with E-state index in [9.17, 15) is 5.11 Å². The summed E-state index contributed by atoms with van der Waals surface area (Å²) in [5.74, 6) is 1.96. The van der Waals surface area contributed by atoms with E-state index >= 15 is 0 Å². The van der Waals surface area contributed by atoms with E-state index in [4.69, 9.17) is 0 Å². The summed E-state index contributed by atoms with van der Waals surface area (Å²) in [6.07, 6.45) is 10.9. The zero-order valence-corrected chi connectivity index (χ0v) is 14.0. The zero-order valence-electron chi connectivity index (χ0n) is 14.0. The molecule has 0 amide bonds. The maximum absolute atomic E-state index is 9.82. The van der Waals surface area contributed by atoms with Gasteiger partial charge in [0.25, 0.3) is 0 Å². The summed E-state index contributed by atoms with van der Waals surface area (Å²) >= 11 is 0. The minimum atomic E-state index is -0.0933. The third kappa shape index (κ3) is 4.00. The Labute approximate surface area is 130 Å². The maximum Gasteiger partial charge on any atom is 0.0611 e. The van der Waals surface area contributed by atoms with Gasteiger partial charge in [-0.1, -0.05) is 19.3 Å². The predicted molar refractivity (Wildman–Crippen MR) is 87.4 cm³/mol.